The summed E-state index contributed by atoms with van der Waals surface area (Å²) in [6, 6.07) is 7.75. The van der Waals surface area contributed by atoms with Crippen LogP contribution in [-0.4, -0.2) is 0 Å². The molecule has 3 heteroatoms. The Bertz CT molecular complexity index is 284. The Morgan fingerprint density at radius 2 is 2.00 bits per heavy atom. The first kappa shape index (κ1) is 9.45. The van der Waals surface area contributed by atoms with Crippen molar-refractivity contribution < 1.29 is 0 Å². The van der Waals surface area contributed by atoms with Gasteiger partial charge in [0.15, 0.2) is 0 Å². The molecular formula is C10H15N3. The molecule has 13 heavy (non-hydrogen) atoms. The maximum atomic E-state index is 5.55. The Kier molecular flexibility index (Phi) is 3.20. The molecule has 0 saturated carbocycles. The number of hydrogen-bond donors (Lipinski definition) is 3. The average Bonchev–Trinajstić information content (AvgIpc) is 2.08. The SMILES string of the molecule is C/C(N)=C/NCc1ccc(N)cc1. The van der Waals surface area contributed by atoms with E-state index in [1.165, 1.54) is 5.56 Å². The molecule has 0 amide bonds. The summed E-state index contributed by atoms with van der Waals surface area (Å²) >= 11 is 0. The molecule has 0 aliphatic rings. The molecule has 0 heterocycles. The van der Waals surface area contributed by atoms with Gasteiger partial charge in [-0.05, 0) is 24.6 Å². The van der Waals surface area contributed by atoms with E-state index in [-0.39, 0.29) is 0 Å². The van der Waals surface area contributed by atoms with Gasteiger partial charge in [0.25, 0.3) is 0 Å². The van der Waals surface area contributed by atoms with Gasteiger partial charge >= 0.3 is 0 Å². The van der Waals surface area contributed by atoms with Crippen LogP contribution in [0.15, 0.2) is 36.2 Å². The van der Waals surface area contributed by atoms with E-state index < -0.39 is 0 Å². The fourth-order valence-corrected chi connectivity index (χ4v) is 0.965. The van der Waals surface area contributed by atoms with Gasteiger partial charge in [0.1, 0.15) is 0 Å². The van der Waals surface area contributed by atoms with Crippen molar-refractivity contribution in [1.29, 1.82) is 0 Å². The number of hydrogen-bond acceptors (Lipinski definition) is 3. The Morgan fingerprint density at radius 3 is 2.54 bits per heavy atom. The summed E-state index contributed by atoms with van der Waals surface area (Å²) in [4.78, 5) is 0. The third kappa shape index (κ3) is 3.51. The number of nitrogens with one attached hydrogen (secondary N) is 1. The van der Waals surface area contributed by atoms with Crippen LogP contribution in [0.5, 0.6) is 0 Å². The molecule has 1 aromatic carbocycles. The summed E-state index contributed by atoms with van der Waals surface area (Å²) in [5.41, 5.74) is 13.8. The molecule has 3 nitrogen and oxygen atoms in total. The minimum Gasteiger partial charge on any atom is -0.401 e. The van der Waals surface area contributed by atoms with Crippen molar-refractivity contribution in [3.63, 3.8) is 0 Å². The molecule has 0 atom stereocenters. The van der Waals surface area contributed by atoms with Crippen LogP contribution in [0.3, 0.4) is 0 Å². The van der Waals surface area contributed by atoms with Crippen LogP contribution in [0.1, 0.15) is 12.5 Å². The summed E-state index contributed by atoms with van der Waals surface area (Å²) in [5.74, 6) is 0. The zero-order valence-electron chi connectivity index (χ0n) is 7.75. The fraction of sp³-hybridized carbons (Fsp3) is 0.200. The van der Waals surface area contributed by atoms with Crippen LogP contribution in [0, 0.1) is 0 Å². The fourth-order valence-electron chi connectivity index (χ4n) is 0.965. The second-order valence-corrected chi connectivity index (χ2v) is 3.01. The highest BCUT2D eigenvalue weighted by atomic mass is 14.8. The highest BCUT2D eigenvalue weighted by molar-refractivity contribution is 5.39. The first-order valence-corrected chi connectivity index (χ1v) is 4.18. The molecule has 0 bridgehead atoms. The van der Waals surface area contributed by atoms with Crippen molar-refractivity contribution in [3.05, 3.63) is 41.7 Å². The van der Waals surface area contributed by atoms with Gasteiger partial charge in [0.05, 0.1) is 0 Å². The zero-order chi connectivity index (χ0) is 9.68. The van der Waals surface area contributed by atoms with Crippen molar-refractivity contribution in [2.24, 2.45) is 5.73 Å². The maximum absolute atomic E-state index is 5.55. The number of nitrogens with two attached hydrogens (primary N) is 2. The molecule has 0 aliphatic carbocycles. The maximum Gasteiger partial charge on any atom is 0.0395 e. The molecule has 0 aromatic heterocycles. The Hall–Kier alpha value is -1.64. The van der Waals surface area contributed by atoms with Crippen LogP contribution in [-0.2, 0) is 6.54 Å². The topological polar surface area (TPSA) is 64.1 Å². The summed E-state index contributed by atoms with van der Waals surface area (Å²) < 4.78 is 0. The summed E-state index contributed by atoms with van der Waals surface area (Å²) in [6.07, 6.45) is 1.79. The van der Waals surface area contributed by atoms with Crippen molar-refractivity contribution in [2.75, 3.05) is 5.73 Å². The third-order valence-corrected chi connectivity index (χ3v) is 1.62. The van der Waals surface area contributed by atoms with Gasteiger partial charge in [-0.2, -0.15) is 0 Å². The second kappa shape index (κ2) is 4.40. The molecule has 0 fully saturated rings. The van der Waals surface area contributed by atoms with Crippen molar-refractivity contribution in [2.45, 2.75) is 13.5 Å². The smallest absolute Gasteiger partial charge is 0.0395 e. The van der Waals surface area contributed by atoms with E-state index >= 15 is 0 Å². The number of benzene rings is 1. The average molecular weight is 177 g/mol. The van der Waals surface area contributed by atoms with Gasteiger partial charge in [0, 0.05) is 24.1 Å². The Morgan fingerprint density at radius 1 is 1.38 bits per heavy atom. The van der Waals surface area contributed by atoms with Crippen LogP contribution in [0.4, 0.5) is 5.69 Å². The minimum atomic E-state index is 0.773. The zero-order valence-corrected chi connectivity index (χ0v) is 7.75. The highest BCUT2D eigenvalue weighted by Gasteiger charge is 1.89. The summed E-state index contributed by atoms with van der Waals surface area (Å²) in [7, 11) is 0. The quantitative estimate of drug-likeness (QED) is 0.607. The summed E-state index contributed by atoms with van der Waals surface area (Å²) in [5, 5.41) is 3.09. The predicted octanol–water partition coefficient (Wildman–Crippen LogP) is 1.18. The van der Waals surface area contributed by atoms with E-state index in [1.807, 2.05) is 31.2 Å². The molecule has 0 radical (unpaired) electrons. The van der Waals surface area contributed by atoms with Gasteiger partial charge in [-0.25, -0.2) is 0 Å². The van der Waals surface area contributed by atoms with E-state index in [4.69, 9.17) is 11.5 Å². The standard InChI is InChI=1S/C10H15N3/c1-8(11)6-13-7-9-2-4-10(12)5-3-9/h2-6,13H,7,11-12H2,1H3/b8-6-. The second-order valence-electron chi connectivity index (χ2n) is 3.01. The van der Waals surface area contributed by atoms with E-state index in [0.717, 1.165) is 17.9 Å². The largest absolute Gasteiger partial charge is 0.401 e. The lowest BCUT2D eigenvalue weighted by Gasteiger charge is -2.02. The van der Waals surface area contributed by atoms with Crippen LogP contribution in [0.25, 0.3) is 0 Å². The molecule has 5 N–H and O–H groups in total. The van der Waals surface area contributed by atoms with Crippen molar-refractivity contribution >= 4 is 5.69 Å². The van der Waals surface area contributed by atoms with Crippen molar-refractivity contribution in [3.8, 4) is 0 Å². The number of nitrogen functional groups attached to an aromatic ring is 1. The Balaban J connectivity index is 2.46. The summed E-state index contributed by atoms with van der Waals surface area (Å²) in [6.45, 7) is 2.62. The van der Waals surface area contributed by atoms with Gasteiger partial charge < -0.3 is 16.8 Å². The monoisotopic (exact) mass is 177 g/mol. The van der Waals surface area contributed by atoms with Gasteiger partial charge in [0.2, 0.25) is 0 Å². The Labute approximate surface area is 78.4 Å². The molecular weight excluding hydrogens is 162 g/mol. The first-order chi connectivity index (χ1) is 6.18. The molecule has 70 valence electrons. The molecule has 1 aromatic rings. The van der Waals surface area contributed by atoms with Crippen LogP contribution in [0.2, 0.25) is 0 Å². The van der Waals surface area contributed by atoms with E-state index in [2.05, 4.69) is 5.32 Å². The van der Waals surface area contributed by atoms with Gasteiger partial charge in [-0.3, -0.25) is 0 Å². The lowest BCUT2D eigenvalue weighted by Crippen LogP contribution is -2.07. The van der Waals surface area contributed by atoms with Crippen LogP contribution < -0.4 is 16.8 Å². The molecule has 0 spiro atoms. The normalized spacial score (nSPS) is 11.3. The van der Waals surface area contributed by atoms with Gasteiger partial charge in [-0.15, -0.1) is 0 Å². The molecule has 1 rings (SSSR count). The lowest BCUT2D eigenvalue weighted by molar-refractivity contribution is 0.858. The van der Waals surface area contributed by atoms with E-state index in [0.29, 0.717) is 0 Å². The lowest BCUT2D eigenvalue weighted by atomic mass is 10.2. The number of rotatable bonds is 3. The minimum absolute atomic E-state index is 0.773. The third-order valence-electron chi connectivity index (χ3n) is 1.62. The first-order valence-electron chi connectivity index (χ1n) is 4.18. The molecule has 0 aliphatic heterocycles. The van der Waals surface area contributed by atoms with Gasteiger partial charge in [-0.1, -0.05) is 12.1 Å². The highest BCUT2D eigenvalue weighted by Crippen LogP contribution is 2.04. The molecule has 0 saturated heterocycles. The molecule has 0 unspecified atom stereocenters. The van der Waals surface area contributed by atoms with E-state index in [9.17, 15) is 0 Å². The number of allylic oxidation sites excluding steroid dienone is 1. The van der Waals surface area contributed by atoms with Crippen molar-refractivity contribution in [1.82, 2.24) is 5.32 Å². The number of anilines is 1. The van der Waals surface area contributed by atoms with E-state index in [1.54, 1.807) is 6.20 Å². The van der Waals surface area contributed by atoms with Crippen LogP contribution >= 0.6 is 0 Å². The predicted molar refractivity (Wildman–Crippen MR) is 55.6 cm³/mol.